The molecule has 2 atom stereocenters. The lowest BCUT2D eigenvalue weighted by molar-refractivity contribution is -0.127. The van der Waals surface area contributed by atoms with Gasteiger partial charge in [0, 0.05) is 38.0 Å². The molecule has 0 unspecified atom stereocenters. The minimum Gasteiger partial charge on any atom is -0.388 e. The van der Waals surface area contributed by atoms with Gasteiger partial charge in [0.15, 0.2) is 0 Å². The quantitative estimate of drug-likeness (QED) is 0.835. The lowest BCUT2D eigenvalue weighted by Gasteiger charge is -2.18. The average molecular weight is 358 g/mol. The van der Waals surface area contributed by atoms with Crippen LogP contribution >= 0.6 is 0 Å². The minimum absolute atomic E-state index is 0.0289. The summed E-state index contributed by atoms with van der Waals surface area (Å²) in [5, 5.41) is 5.59. The largest absolute Gasteiger partial charge is 0.388 e. The van der Waals surface area contributed by atoms with Gasteiger partial charge < -0.3 is 10.6 Å². The number of carbonyl (C=O) groups excluding carboxylic acids is 2. The highest BCUT2D eigenvalue weighted by Crippen LogP contribution is 2.34. The van der Waals surface area contributed by atoms with Crippen molar-refractivity contribution in [1.82, 2.24) is 5.32 Å². The highest BCUT2D eigenvalue weighted by atomic mass is 19.1. The van der Waals surface area contributed by atoms with Crippen LogP contribution < -0.4 is 10.6 Å². The van der Waals surface area contributed by atoms with Crippen LogP contribution in [0, 0.1) is 17.6 Å². The summed E-state index contributed by atoms with van der Waals surface area (Å²) in [7, 11) is 1.70. The third-order valence-corrected chi connectivity index (χ3v) is 4.77. The summed E-state index contributed by atoms with van der Waals surface area (Å²) in [6.07, 6.45) is 0.152. The standard InChI is InChI=1S/C20H20F2N2O2/c1-23-14-6-7-16(19(22)9-14)18-11-24-20(26)17(18)10-15(25)8-12-2-4-13(21)5-3-12/h2-7,9,17-18,23H,8,10-11H2,1H3,(H,24,26)/t17-,18-/m0/s1. The summed E-state index contributed by atoms with van der Waals surface area (Å²) in [4.78, 5) is 24.6. The molecule has 1 amide bonds. The fourth-order valence-electron chi connectivity index (χ4n) is 3.36. The number of rotatable bonds is 6. The number of Topliss-reactive ketones (excluding diaryl/α,β-unsaturated/α-hetero) is 1. The van der Waals surface area contributed by atoms with Crippen molar-refractivity contribution in [3.63, 3.8) is 0 Å². The number of halogens is 2. The van der Waals surface area contributed by atoms with Crippen molar-refractivity contribution in [2.45, 2.75) is 18.8 Å². The molecule has 1 aliphatic heterocycles. The average Bonchev–Trinajstić information content (AvgIpc) is 2.97. The fraction of sp³-hybridized carbons (Fsp3) is 0.300. The number of hydrogen-bond acceptors (Lipinski definition) is 3. The first-order chi connectivity index (χ1) is 12.5. The third-order valence-electron chi connectivity index (χ3n) is 4.77. The maximum atomic E-state index is 14.4. The number of anilines is 1. The van der Waals surface area contributed by atoms with Gasteiger partial charge in [-0.3, -0.25) is 9.59 Å². The molecule has 0 aliphatic carbocycles. The number of nitrogens with one attached hydrogen (secondary N) is 2. The predicted molar refractivity (Wildman–Crippen MR) is 94.9 cm³/mol. The summed E-state index contributed by atoms with van der Waals surface area (Å²) in [6.45, 7) is 0.309. The van der Waals surface area contributed by atoms with E-state index in [-0.39, 0.29) is 36.3 Å². The number of carbonyl (C=O) groups is 2. The van der Waals surface area contributed by atoms with E-state index in [2.05, 4.69) is 10.6 Å². The summed E-state index contributed by atoms with van der Waals surface area (Å²) in [5.74, 6) is -2.11. The first-order valence-electron chi connectivity index (χ1n) is 8.49. The number of benzene rings is 2. The van der Waals surface area contributed by atoms with E-state index in [0.717, 1.165) is 0 Å². The van der Waals surface area contributed by atoms with Gasteiger partial charge in [-0.2, -0.15) is 0 Å². The molecule has 1 fully saturated rings. The highest BCUT2D eigenvalue weighted by molar-refractivity contribution is 5.90. The van der Waals surface area contributed by atoms with Gasteiger partial charge in [0.1, 0.15) is 17.4 Å². The summed E-state index contributed by atoms with van der Waals surface area (Å²) >= 11 is 0. The molecule has 6 heteroatoms. The fourth-order valence-corrected chi connectivity index (χ4v) is 3.36. The molecule has 3 rings (SSSR count). The summed E-state index contributed by atoms with van der Waals surface area (Å²) in [5.41, 5.74) is 1.77. The predicted octanol–water partition coefficient (Wildman–Crippen LogP) is 3.04. The van der Waals surface area contributed by atoms with Crippen molar-refractivity contribution >= 4 is 17.4 Å². The Morgan fingerprint density at radius 2 is 1.92 bits per heavy atom. The molecule has 2 aromatic rings. The molecule has 26 heavy (non-hydrogen) atoms. The zero-order valence-corrected chi connectivity index (χ0v) is 14.4. The van der Waals surface area contributed by atoms with Crippen LogP contribution in [0.15, 0.2) is 42.5 Å². The second kappa shape index (κ2) is 7.64. The second-order valence-electron chi connectivity index (χ2n) is 6.49. The van der Waals surface area contributed by atoms with Crippen LogP contribution in [-0.4, -0.2) is 25.3 Å². The van der Waals surface area contributed by atoms with E-state index < -0.39 is 11.7 Å². The first-order valence-corrected chi connectivity index (χ1v) is 8.49. The van der Waals surface area contributed by atoms with Gasteiger partial charge in [-0.15, -0.1) is 0 Å². The van der Waals surface area contributed by atoms with Gasteiger partial charge in [-0.1, -0.05) is 18.2 Å². The molecule has 4 nitrogen and oxygen atoms in total. The topological polar surface area (TPSA) is 58.2 Å². The number of ketones is 1. The van der Waals surface area contributed by atoms with E-state index in [1.807, 2.05) is 0 Å². The Kier molecular flexibility index (Phi) is 5.30. The Morgan fingerprint density at radius 1 is 1.19 bits per heavy atom. The van der Waals surface area contributed by atoms with Crippen LogP contribution in [0.3, 0.4) is 0 Å². The Balaban J connectivity index is 1.73. The van der Waals surface area contributed by atoms with Gasteiger partial charge in [0.05, 0.1) is 5.92 Å². The molecule has 0 radical (unpaired) electrons. The van der Waals surface area contributed by atoms with Gasteiger partial charge in [-0.25, -0.2) is 8.78 Å². The SMILES string of the molecule is CNc1ccc([C@@H]2CNC(=O)[C@H]2CC(=O)Cc2ccc(F)cc2)c(F)c1. The normalized spacial score (nSPS) is 19.3. The summed E-state index contributed by atoms with van der Waals surface area (Å²) in [6, 6.07) is 10.5. The molecule has 0 saturated carbocycles. The lowest BCUT2D eigenvalue weighted by Crippen LogP contribution is -2.23. The Labute approximate surface area is 150 Å². The Morgan fingerprint density at radius 3 is 2.58 bits per heavy atom. The molecule has 136 valence electrons. The van der Waals surface area contributed by atoms with E-state index >= 15 is 0 Å². The van der Waals surface area contributed by atoms with E-state index in [1.165, 1.54) is 18.2 Å². The molecular weight excluding hydrogens is 338 g/mol. The number of amides is 1. The van der Waals surface area contributed by atoms with E-state index in [9.17, 15) is 18.4 Å². The van der Waals surface area contributed by atoms with E-state index in [4.69, 9.17) is 0 Å². The van der Waals surface area contributed by atoms with Crippen molar-refractivity contribution in [2.75, 3.05) is 18.9 Å². The van der Waals surface area contributed by atoms with Crippen molar-refractivity contribution < 1.29 is 18.4 Å². The lowest BCUT2D eigenvalue weighted by atomic mass is 9.84. The molecule has 0 spiro atoms. The molecule has 0 bridgehead atoms. The van der Waals surface area contributed by atoms with Gasteiger partial charge in [0.2, 0.25) is 5.91 Å². The highest BCUT2D eigenvalue weighted by Gasteiger charge is 2.38. The Bertz CT molecular complexity index is 821. The maximum Gasteiger partial charge on any atom is 0.224 e. The second-order valence-corrected chi connectivity index (χ2v) is 6.49. The van der Waals surface area contributed by atoms with Crippen LogP contribution in [0.2, 0.25) is 0 Å². The van der Waals surface area contributed by atoms with Crippen LogP contribution in [-0.2, 0) is 16.0 Å². The molecule has 2 N–H and O–H groups in total. The minimum atomic E-state index is -0.599. The van der Waals surface area contributed by atoms with Gasteiger partial charge in [0.25, 0.3) is 0 Å². The van der Waals surface area contributed by atoms with Gasteiger partial charge in [-0.05, 0) is 35.4 Å². The molecule has 1 aliphatic rings. The van der Waals surface area contributed by atoms with Crippen molar-refractivity contribution in [2.24, 2.45) is 5.92 Å². The van der Waals surface area contributed by atoms with Crippen molar-refractivity contribution in [3.8, 4) is 0 Å². The van der Waals surface area contributed by atoms with Crippen LogP contribution in [0.5, 0.6) is 0 Å². The molecule has 0 aromatic heterocycles. The summed E-state index contributed by atoms with van der Waals surface area (Å²) < 4.78 is 27.4. The number of hydrogen-bond donors (Lipinski definition) is 2. The zero-order chi connectivity index (χ0) is 18.7. The van der Waals surface area contributed by atoms with Crippen molar-refractivity contribution in [1.29, 1.82) is 0 Å². The van der Waals surface area contributed by atoms with Gasteiger partial charge >= 0.3 is 0 Å². The molecular formula is C20H20F2N2O2. The van der Waals surface area contributed by atoms with E-state index in [1.54, 1.807) is 31.3 Å². The molecule has 1 saturated heterocycles. The molecule has 1 heterocycles. The van der Waals surface area contributed by atoms with Crippen molar-refractivity contribution in [3.05, 3.63) is 65.2 Å². The molecule has 2 aromatic carbocycles. The smallest absolute Gasteiger partial charge is 0.224 e. The zero-order valence-electron chi connectivity index (χ0n) is 14.4. The monoisotopic (exact) mass is 358 g/mol. The maximum absolute atomic E-state index is 14.4. The van der Waals surface area contributed by atoms with E-state index in [0.29, 0.717) is 23.4 Å². The third kappa shape index (κ3) is 3.90. The Hall–Kier alpha value is -2.76. The van der Waals surface area contributed by atoms with Crippen LogP contribution in [0.4, 0.5) is 14.5 Å². The van der Waals surface area contributed by atoms with Crippen LogP contribution in [0.25, 0.3) is 0 Å². The first kappa shape index (κ1) is 18.0. The van der Waals surface area contributed by atoms with Crippen LogP contribution in [0.1, 0.15) is 23.5 Å².